The molecule has 1 saturated heterocycles. The van der Waals surface area contributed by atoms with Crippen LogP contribution < -0.4 is 5.32 Å². The summed E-state index contributed by atoms with van der Waals surface area (Å²) in [7, 11) is 0. The van der Waals surface area contributed by atoms with Gasteiger partial charge in [0.15, 0.2) is 0 Å². The molecule has 1 aliphatic heterocycles. The molecule has 2 saturated carbocycles. The van der Waals surface area contributed by atoms with Gasteiger partial charge in [-0.1, -0.05) is 33.1 Å². The lowest BCUT2D eigenvalue weighted by Crippen LogP contribution is -2.46. The molecule has 0 aromatic heterocycles. The molecule has 3 rings (SSSR count). The van der Waals surface area contributed by atoms with E-state index in [0.717, 1.165) is 6.04 Å². The van der Waals surface area contributed by atoms with E-state index in [1.165, 1.54) is 90.4 Å². The van der Waals surface area contributed by atoms with Gasteiger partial charge >= 0.3 is 0 Å². The number of nitrogens with zero attached hydrogens (tertiary/aromatic N) is 1. The minimum absolute atomic E-state index is 0.570. The van der Waals surface area contributed by atoms with Crippen molar-refractivity contribution in [1.29, 1.82) is 0 Å². The van der Waals surface area contributed by atoms with Gasteiger partial charge in [0, 0.05) is 19.1 Å². The first kappa shape index (κ1) is 15.8. The Hall–Kier alpha value is -0.0800. The summed E-state index contributed by atoms with van der Waals surface area (Å²) < 4.78 is 0. The van der Waals surface area contributed by atoms with Crippen molar-refractivity contribution in [3.63, 3.8) is 0 Å². The van der Waals surface area contributed by atoms with Gasteiger partial charge in [-0.15, -0.1) is 0 Å². The standard InChI is InChI=1S/C19H36N2/c1-18(2)9-6-13-21(14-12-18)16-19(10-4-3-5-11-19)15-20-17-7-8-17/h17,20H,3-16H2,1-2H3. The van der Waals surface area contributed by atoms with E-state index in [4.69, 9.17) is 0 Å². The normalized spacial score (nSPS) is 30.0. The van der Waals surface area contributed by atoms with Gasteiger partial charge in [0.2, 0.25) is 0 Å². The van der Waals surface area contributed by atoms with Crippen LogP contribution in [0.2, 0.25) is 0 Å². The molecular formula is C19H36N2. The average molecular weight is 293 g/mol. The summed E-state index contributed by atoms with van der Waals surface area (Å²) in [6.45, 7) is 10.2. The second-order valence-electron chi connectivity index (χ2n) is 9.01. The van der Waals surface area contributed by atoms with Gasteiger partial charge in [0.25, 0.3) is 0 Å². The van der Waals surface area contributed by atoms with Crippen LogP contribution in [0, 0.1) is 10.8 Å². The van der Waals surface area contributed by atoms with Crippen molar-refractivity contribution in [2.24, 2.45) is 10.8 Å². The SMILES string of the molecule is CC1(C)CCCN(CC2(CNC3CC3)CCCCC2)CC1. The number of hydrogen-bond acceptors (Lipinski definition) is 2. The first-order valence-corrected chi connectivity index (χ1v) is 9.53. The van der Waals surface area contributed by atoms with E-state index >= 15 is 0 Å². The lowest BCUT2D eigenvalue weighted by Gasteiger charge is -2.41. The number of likely N-dealkylation sites (tertiary alicyclic amines) is 1. The molecule has 0 aromatic carbocycles. The van der Waals surface area contributed by atoms with Crippen LogP contribution in [0.25, 0.3) is 0 Å². The Balaban J connectivity index is 1.57. The largest absolute Gasteiger partial charge is 0.313 e. The van der Waals surface area contributed by atoms with Crippen LogP contribution in [0.15, 0.2) is 0 Å². The summed E-state index contributed by atoms with van der Waals surface area (Å²) in [5, 5.41) is 3.86. The highest BCUT2D eigenvalue weighted by molar-refractivity contribution is 4.92. The van der Waals surface area contributed by atoms with Crippen molar-refractivity contribution in [2.45, 2.75) is 84.1 Å². The third-order valence-corrected chi connectivity index (χ3v) is 6.25. The molecule has 1 heterocycles. The molecule has 122 valence electrons. The highest BCUT2D eigenvalue weighted by atomic mass is 15.1. The Labute approximate surface area is 132 Å². The van der Waals surface area contributed by atoms with Crippen LogP contribution in [0.5, 0.6) is 0 Å². The van der Waals surface area contributed by atoms with Crippen LogP contribution >= 0.6 is 0 Å². The predicted molar refractivity (Wildman–Crippen MR) is 90.6 cm³/mol. The Kier molecular flexibility index (Phi) is 4.95. The van der Waals surface area contributed by atoms with Crippen molar-refractivity contribution in [1.82, 2.24) is 10.2 Å². The molecule has 21 heavy (non-hydrogen) atoms. The lowest BCUT2D eigenvalue weighted by atomic mass is 9.73. The summed E-state index contributed by atoms with van der Waals surface area (Å²) in [5.41, 5.74) is 1.16. The number of rotatable bonds is 5. The zero-order valence-electron chi connectivity index (χ0n) is 14.4. The van der Waals surface area contributed by atoms with Gasteiger partial charge in [0.05, 0.1) is 0 Å². The summed E-state index contributed by atoms with van der Waals surface area (Å²) in [4.78, 5) is 2.81. The summed E-state index contributed by atoms with van der Waals surface area (Å²) >= 11 is 0. The topological polar surface area (TPSA) is 15.3 Å². The van der Waals surface area contributed by atoms with E-state index in [1.54, 1.807) is 0 Å². The van der Waals surface area contributed by atoms with E-state index < -0.39 is 0 Å². The fourth-order valence-corrected chi connectivity index (χ4v) is 4.45. The van der Waals surface area contributed by atoms with Gasteiger partial charge in [-0.25, -0.2) is 0 Å². The zero-order chi connectivity index (χ0) is 14.8. The molecule has 0 radical (unpaired) electrons. The van der Waals surface area contributed by atoms with E-state index in [-0.39, 0.29) is 0 Å². The monoisotopic (exact) mass is 292 g/mol. The minimum atomic E-state index is 0.570. The number of hydrogen-bond donors (Lipinski definition) is 1. The number of nitrogens with one attached hydrogen (secondary N) is 1. The summed E-state index contributed by atoms with van der Waals surface area (Å²) in [6.07, 6.45) is 14.4. The Bertz CT molecular complexity index is 326. The van der Waals surface area contributed by atoms with Crippen LogP contribution in [0.1, 0.15) is 78.1 Å². The molecule has 3 fully saturated rings. The summed E-state index contributed by atoms with van der Waals surface area (Å²) in [5.74, 6) is 0. The highest BCUT2D eigenvalue weighted by Gasteiger charge is 2.36. The third kappa shape index (κ3) is 4.69. The van der Waals surface area contributed by atoms with Crippen molar-refractivity contribution < 1.29 is 0 Å². The fourth-order valence-electron chi connectivity index (χ4n) is 4.45. The molecule has 2 nitrogen and oxygen atoms in total. The van der Waals surface area contributed by atoms with E-state index in [0.29, 0.717) is 10.8 Å². The van der Waals surface area contributed by atoms with E-state index in [9.17, 15) is 0 Å². The second kappa shape index (κ2) is 6.58. The van der Waals surface area contributed by atoms with Gasteiger partial charge in [-0.05, 0) is 68.9 Å². The first-order chi connectivity index (χ1) is 10.1. The Morgan fingerprint density at radius 2 is 1.67 bits per heavy atom. The molecule has 2 aliphatic carbocycles. The molecule has 0 amide bonds. The van der Waals surface area contributed by atoms with Crippen LogP contribution in [-0.2, 0) is 0 Å². The van der Waals surface area contributed by atoms with Crippen molar-refractivity contribution in [2.75, 3.05) is 26.2 Å². The predicted octanol–water partition coefficient (Wildman–Crippen LogP) is 4.20. The molecular weight excluding hydrogens is 256 g/mol. The van der Waals surface area contributed by atoms with Gasteiger partial charge in [0.1, 0.15) is 0 Å². The first-order valence-electron chi connectivity index (χ1n) is 9.53. The van der Waals surface area contributed by atoms with E-state index in [2.05, 4.69) is 24.1 Å². The quantitative estimate of drug-likeness (QED) is 0.817. The molecule has 0 aromatic rings. The van der Waals surface area contributed by atoms with E-state index in [1.807, 2.05) is 0 Å². The average Bonchev–Trinajstić information content (AvgIpc) is 3.28. The van der Waals surface area contributed by atoms with Crippen molar-refractivity contribution in [3.05, 3.63) is 0 Å². The zero-order valence-corrected chi connectivity index (χ0v) is 14.4. The Morgan fingerprint density at radius 1 is 0.905 bits per heavy atom. The molecule has 1 N–H and O–H groups in total. The second-order valence-corrected chi connectivity index (χ2v) is 9.01. The van der Waals surface area contributed by atoms with Crippen LogP contribution in [-0.4, -0.2) is 37.1 Å². The van der Waals surface area contributed by atoms with Gasteiger partial charge < -0.3 is 10.2 Å². The molecule has 0 unspecified atom stereocenters. The van der Waals surface area contributed by atoms with Crippen molar-refractivity contribution >= 4 is 0 Å². The Morgan fingerprint density at radius 3 is 2.38 bits per heavy atom. The molecule has 0 spiro atoms. The molecule has 3 aliphatic rings. The highest BCUT2D eigenvalue weighted by Crippen LogP contribution is 2.39. The third-order valence-electron chi connectivity index (χ3n) is 6.25. The maximum Gasteiger partial charge on any atom is 0.00684 e. The maximum absolute atomic E-state index is 3.86. The smallest absolute Gasteiger partial charge is 0.00684 e. The lowest BCUT2D eigenvalue weighted by molar-refractivity contribution is 0.102. The van der Waals surface area contributed by atoms with Crippen molar-refractivity contribution in [3.8, 4) is 0 Å². The van der Waals surface area contributed by atoms with Crippen LogP contribution in [0.3, 0.4) is 0 Å². The van der Waals surface area contributed by atoms with Gasteiger partial charge in [-0.2, -0.15) is 0 Å². The summed E-state index contributed by atoms with van der Waals surface area (Å²) in [6, 6.07) is 0.867. The van der Waals surface area contributed by atoms with Crippen LogP contribution in [0.4, 0.5) is 0 Å². The fraction of sp³-hybridized carbons (Fsp3) is 1.00. The molecule has 2 heteroatoms. The molecule has 0 bridgehead atoms. The molecule has 0 atom stereocenters. The maximum atomic E-state index is 3.86. The minimum Gasteiger partial charge on any atom is -0.313 e. The van der Waals surface area contributed by atoms with Gasteiger partial charge in [-0.3, -0.25) is 0 Å².